The minimum Gasteiger partial charge on any atom is -0.508 e. The Balaban J connectivity index is 1.59. The minimum atomic E-state index is 0.237. The van der Waals surface area contributed by atoms with Gasteiger partial charge in [-0.2, -0.15) is 0 Å². The van der Waals surface area contributed by atoms with Crippen LogP contribution in [-0.2, 0) is 0 Å². The van der Waals surface area contributed by atoms with Crippen molar-refractivity contribution < 1.29 is 10.2 Å². The van der Waals surface area contributed by atoms with Crippen LogP contribution in [0.15, 0.2) is 121 Å². The summed E-state index contributed by atoms with van der Waals surface area (Å²) >= 11 is 0. The lowest BCUT2D eigenvalue weighted by molar-refractivity contribution is 0.475. The molecule has 5 aromatic carbocycles. The van der Waals surface area contributed by atoms with Gasteiger partial charge in [-0.1, -0.05) is 24.3 Å². The quantitative estimate of drug-likeness (QED) is 0.260. The number of hydrogen-bond donors (Lipinski definition) is 2. The van der Waals surface area contributed by atoms with Crippen molar-refractivity contribution in [1.82, 2.24) is 0 Å². The van der Waals surface area contributed by atoms with Gasteiger partial charge in [-0.05, 0) is 122 Å². The first-order chi connectivity index (χ1) is 17.5. The summed E-state index contributed by atoms with van der Waals surface area (Å²) < 4.78 is 0. The molecule has 2 N–H and O–H groups in total. The van der Waals surface area contributed by atoms with E-state index < -0.39 is 0 Å². The molecule has 0 aromatic heterocycles. The fourth-order valence-corrected chi connectivity index (χ4v) is 4.38. The average molecular weight is 473 g/mol. The van der Waals surface area contributed by atoms with Gasteiger partial charge >= 0.3 is 0 Å². The molecular weight excluding hydrogens is 444 g/mol. The first kappa shape index (κ1) is 23.1. The largest absolute Gasteiger partial charge is 0.508 e. The third-order valence-corrected chi connectivity index (χ3v) is 6.10. The second-order valence-corrected chi connectivity index (χ2v) is 8.90. The minimum absolute atomic E-state index is 0.237. The molecule has 0 aliphatic heterocycles. The molecule has 5 rings (SSSR count). The highest BCUT2D eigenvalue weighted by atomic mass is 16.3. The Hall–Kier alpha value is -4.70. The molecule has 0 aliphatic rings. The fourth-order valence-electron chi connectivity index (χ4n) is 4.38. The normalized spacial score (nSPS) is 10.7. The van der Waals surface area contributed by atoms with Gasteiger partial charge in [0.25, 0.3) is 0 Å². The maximum atomic E-state index is 9.83. The van der Waals surface area contributed by atoms with Crippen LogP contribution < -0.4 is 9.80 Å². The van der Waals surface area contributed by atoms with E-state index in [4.69, 9.17) is 0 Å². The zero-order valence-electron chi connectivity index (χ0n) is 20.3. The Morgan fingerprint density at radius 3 is 1.00 bits per heavy atom. The third-order valence-electron chi connectivity index (χ3n) is 6.10. The first-order valence-electron chi connectivity index (χ1n) is 11.9. The molecule has 0 atom stereocenters. The van der Waals surface area contributed by atoms with Crippen molar-refractivity contribution in [2.75, 3.05) is 9.80 Å². The van der Waals surface area contributed by atoms with Crippen LogP contribution in [0.4, 0.5) is 34.1 Å². The summed E-state index contributed by atoms with van der Waals surface area (Å²) in [4.78, 5) is 4.35. The van der Waals surface area contributed by atoms with Crippen molar-refractivity contribution in [3.63, 3.8) is 0 Å². The van der Waals surface area contributed by atoms with Gasteiger partial charge in [0.15, 0.2) is 0 Å². The molecule has 5 aromatic rings. The molecule has 0 unspecified atom stereocenters. The number of aromatic hydroxyl groups is 2. The molecule has 36 heavy (non-hydrogen) atoms. The Kier molecular flexibility index (Phi) is 6.33. The van der Waals surface area contributed by atoms with E-state index in [1.165, 1.54) is 11.1 Å². The smallest absolute Gasteiger partial charge is 0.115 e. The van der Waals surface area contributed by atoms with Crippen LogP contribution in [0.3, 0.4) is 0 Å². The number of aryl methyl sites for hydroxylation is 2. The van der Waals surface area contributed by atoms with E-state index in [0.717, 1.165) is 34.1 Å². The molecule has 0 amide bonds. The van der Waals surface area contributed by atoms with Gasteiger partial charge in [-0.25, -0.2) is 0 Å². The zero-order chi connectivity index (χ0) is 25.1. The highest BCUT2D eigenvalue weighted by molar-refractivity contribution is 5.81. The van der Waals surface area contributed by atoms with Gasteiger partial charge in [-0.3, -0.25) is 0 Å². The summed E-state index contributed by atoms with van der Waals surface area (Å²) in [5.41, 5.74) is 8.36. The van der Waals surface area contributed by atoms with Gasteiger partial charge in [0, 0.05) is 34.1 Å². The maximum absolute atomic E-state index is 9.83. The molecule has 4 heteroatoms. The van der Waals surface area contributed by atoms with Crippen molar-refractivity contribution in [3.05, 3.63) is 132 Å². The van der Waals surface area contributed by atoms with Crippen molar-refractivity contribution in [1.29, 1.82) is 0 Å². The Bertz CT molecular complexity index is 1350. The monoisotopic (exact) mass is 472 g/mol. The Labute approximate surface area is 211 Å². The molecular formula is C32H28N2O2. The summed E-state index contributed by atoms with van der Waals surface area (Å²) in [6.45, 7) is 4.16. The van der Waals surface area contributed by atoms with Crippen LogP contribution in [-0.4, -0.2) is 10.2 Å². The number of phenols is 2. The van der Waals surface area contributed by atoms with Crippen LogP contribution in [0, 0.1) is 13.8 Å². The predicted octanol–water partition coefficient (Wildman–Crippen LogP) is 8.65. The van der Waals surface area contributed by atoms with Crippen LogP contribution >= 0.6 is 0 Å². The van der Waals surface area contributed by atoms with E-state index >= 15 is 0 Å². The van der Waals surface area contributed by atoms with E-state index in [0.29, 0.717) is 0 Å². The summed E-state index contributed by atoms with van der Waals surface area (Å²) in [6.07, 6.45) is 0. The lowest BCUT2D eigenvalue weighted by atomic mass is 10.1. The van der Waals surface area contributed by atoms with E-state index in [-0.39, 0.29) is 11.5 Å². The van der Waals surface area contributed by atoms with Gasteiger partial charge in [0.2, 0.25) is 0 Å². The molecule has 4 nitrogen and oxygen atoms in total. The molecule has 0 saturated heterocycles. The number of nitrogens with zero attached hydrogens (tertiary/aromatic N) is 2. The third kappa shape index (κ3) is 4.89. The Morgan fingerprint density at radius 1 is 0.389 bits per heavy atom. The van der Waals surface area contributed by atoms with Gasteiger partial charge in [0.05, 0.1) is 0 Å². The van der Waals surface area contributed by atoms with Crippen LogP contribution in [0.2, 0.25) is 0 Å². The number of rotatable bonds is 6. The van der Waals surface area contributed by atoms with E-state index in [9.17, 15) is 10.2 Å². The van der Waals surface area contributed by atoms with Crippen LogP contribution in [0.25, 0.3) is 0 Å². The zero-order valence-corrected chi connectivity index (χ0v) is 20.3. The predicted molar refractivity (Wildman–Crippen MR) is 149 cm³/mol. The van der Waals surface area contributed by atoms with Crippen molar-refractivity contribution in [3.8, 4) is 11.5 Å². The van der Waals surface area contributed by atoms with Crippen molar-refractivity contribution in [2.45, 2.75) is 13.8 Å². The second kappa shape index (κ2) is 9.88. The lowest BCUT2D eigenvalue weighted by Gasteiger charge is -2.28. The number of benzene rings is 5. The van der Waals surface area contributed by atoms with Gasteiger partial charge in [0.1, 0.15) is 11.5 Å². The van der Waals surface area contributed by atoms with Crippen LogP contribution in [0.5, 0.6) is 11.5 Å². The molecule has 0 bridgehead atoms. The summed E-state index contributed by atoms with van der Waals surface area (Å²) in [5, 5.41) is 19.7. The fraction of sp³-hybridized carbons (Fsp3) is 0.0625. The van der Waals surface area contributed by atoms with Crippen LogP contribution in [0.1, 0.15) is 11.1 Å². The van der Waals surface area contributed by atoms with Gasteiger partial charge < -0.3 is 20.0 Å². The molecule has 0 saturated carbocycles. The second-order valence-electron chi connectivity index (χ2n) is 8.90. The Morgan fingerprint density at radius 2 is 0.694 bits per heavy atom. The summed E-state index contributed by atoms with van der Waals surface area (Å²) in [6, 6.07) is 39.7. The topological polar surface area (TPSA) is 46.9 Å². The van der Waals surface area contributed by atoms with Gasteiger partial charge in [-0.15, -0.1) is 0 Å². The summed E-state index contributed by atoms with van der Waals surface area (Å²) in [7, 11) is 0. The SMILES string of the molecule is Cc1cccc(N(c2ccc(O)cc2)c2ccc(N(c3ccc(O)cc3)c3cccc(C)c3)cc2)c1. The van der Waals surface area contributed by atoms with Crippen molar-refractivity contribution >= 4 is 34.1 Å². The molecule has 0 radical (unpaired) electrons. The maximum Gasteiger partial charge on any atom is 0.115 e. The summed E-state index contributed by atoms with van der Waals surface area (Å²) in [5.74, 6) is 0.474. The number of phenolic OH excluding ortho intramolecular Hbond substituents is 2. The molecule has 0 fully saturated rings. The van der Waals surface area contributed by atoms with Crippen molar-refractivity contribution in [2.24, 2.45) is 0 Å². The molecule has 178 valence electrons. The van der Waals surface area contributed by atoms with E-state index in [2.05, 4.69) is 96.4 Å². The highest BCUT2D eigenvalue weighted by Crippen LogP contribution is 2.39. The average Bonchev–Trinajstić information content (AvgIpc) is 2.88. The highest BCUT2D eigenvalue weighted by Gasteiger charge is 2.16. The molecule has 0 aliphatic carbocycles. The first-order valence-corrected chi connectivity index (χ1v) is 11.9. The standard InChI is InChI=1S/C32H28N2O2/c1-23-5-3-7-29(21-23)33(27-13-17-31(35)18-14-27)25-9-11-26(12-10-25)34(28-15-19-32(36)20-16-28)30-8-4-6-24(2)22-30/h3-22,35-36H,1-2H3. The van der Waals surface area contributed by atoms with E-state index in [1.807, 2.05) is 24.3 Å². The van der Waals surface area contributed by atoms with E-state index in [1.54, 1.807) is 24.3 Å². The molecule has 0 heterocycles. The molecule has 0 spiro atoms. The lowest BCUT2D eigenvalue weighted by Crippen LogP contribution is -2.12. The number of anilines is 6. The number of hydrogen-bond acceptors (Lipinski definition) is 4.